The molecule has 0 heterocycles. The molecule has 0 bridgehead atoms. The summed E-state index contributed by atoms with van der Waals surface area (Å²) >= 11 is 0. The van der Waals surface area contributed by atoms with Gasteiger partial charge in [-0.25, -0.2) is 0 Å². The minimum absolute atomic E-state index is 0.0694. The van der Waals surface area contributed by atoms with Crippen molar-refractivity contribution in [2.45, 2.75) is 97.6 Å². The Labute approximate surface area is 179 Å². The first-order valence-corrected chi connectivity index (χ1v) is 10.9. The second kappa shape index (κ2) is 7.49. The zero-order chi connectivity index (χ0) is 22.6. The Hall–Kier alpha value is -1.66. The van der Waals surface area contributed by atoms with Crippen molar-refractivity contribution in [3.63, 3.8) is 0 Å². The van der Waals surface area contributed by atoms with Gasteiger partial charge in [-0.3, -0.25) is 9.59 Å². The summed E-state index contributed by atoms with van der Waals surface area (Å²) in [5, 5.41) is 23.0. The molecule has 6 atom stereocenters. The van der Waals surface area contributed by atoms with Crippen molar-refractivity contribution in [1.29, 1.82) is 0 Å². The lowest BCUT2D eigenvalue weighted by atomic mass is 9.56. The van der Waals surface area contributed by atoms with Crippen molar-refractivity contribution in [3.8, 4) is 0 Å². The molecular weight excluding hydrogens is 384 g/mol. The Kier molecular flexibility index (Phi) is 5.74. The van der Waals surface area contributed by atoms with Crippen LogP contribution in [-0.4, -0.2) is 46.1 Å². The molecule has 0 aliphatic heterocycles. The number of ether oxygens (including phenoxy) is 2. The van der Waals surface area contributed by atoms with Gasteiger partial charge in [0.25, 0.3) is 0 Å². The quantitative estimate of drug-likeness (QED) is 0.537. The van der Waals surface area contributed by atoms with Gasteiger partial charge >= 0.3 is 11.9 Å². The highest BCUT2D eigenvalue weighted by Crippen LogP contribution is 2.63. The van der Waals surface area contributed by atoms with E-state index < -0.39 is 40.7 Å². The largest absolute Gasteiger partial charge is 0.458 e. The Morgan fingerprint density at radius 1 is 1.10 bits per heavy atom. The second-order valence-corrected chi connectivity index (χ2v) is 10.3. The van der Waals surface area contributed by atoms with Crippen LogP contribution in [0.15, 0.2) is 23.3 Å². The maximum Gasteiger partial charge on any atom is 0.303 e. The van der Waals surface area contributed by atoms with Crippen LogP contribution in [0.3, 0.4) is 0 Å². The van der Waals surface area contributed by atoms with Crippen molar-refractivity contribution < 1.29 is 29.3 Å². The molecule has 0 aromatic rings. The van der Waals surface area contributed by atoms with Crippen molar-refractivity contribution >= 4 is 11.9 Å². The molecule has 6 nitrogen and oxygen atoms in total. The molecule has 3 aliphatic carbocycles. The first-order valence-electron chi connectivity index (χ1n) is 10.9. The molecule has 3 rings (SSSR count). The molecule has 0 saturated heterocycles. The molecule has 0 aromatic heterocycles. The first-order chi connectivity index (χ1) is 13.7. The lowest BCUT2D eigenvalue weighted by molar-refractivity contribution is -0.162. The topological polar surface area (TPSA) is 93.1 Å². The van der Waals surface area contributed by atoms with E-state index in [1.165, 1.54) is 13.8 Å². The van der Waals surface area contributed by atoms with Crippen LogP contribution in [-0.2, 0) is 19.1 Å². The van der Waals surface area contributed by atoms with Gasteiger partial charge in [-0.2, -0.15) is 0 Å². The number of aliphatic hydroxyl groups is 2. The number of carbonyl (C=O) groups excluding carboxylic acids is 2. The van der Waals surface area contributed by atoms with Crippen molar-refractivity contribution in [3.05, 3.63) is 23.3 Å². The molecule has 168 valence electrons. The van der Waals surface area contributed by atoms with Gasteiger partial charge in [-0.1, -0.05) is 34.3 Å². The van der Waals surface area contributed by atoms with Crippen LogP contribution in [0.5, 0.6) is 0 Å². The van der Waals surface area contributed by atoms with Gasteiger partial charge in [-0.05, 0) is 60.2 Å². The smallest absolute Gasteiger partial charge is 0.303 e. The summed E-state index contributed by atoms with van der Waals surface area (Å²) in [6.45, 7) is 14.9. The Morgan fingerprint density at radius 2 is 1.67 bits per heavy atom. The average molecular weight is 421 g/mol. The molecular formula is C24H36O6. The molecule has 30 heavy (non-hydrogen) atoms. The summed E-state index contributed by atoms with van der Waals surface area (Å²) in [5.41, 5.74) is -0.171. The second-order valence-electron chi connectivity index (χ2n) is 10.3. The lowest BCUT2D eigenvalue weighted by Gasteiger charge is -2.53. The predicted molar refractivity (Wildman–Crippen MR) is 112 cm³/mol. The maximum atomic E-state index is 12.1. The number of esters is 2. The highest BCUT2D eigenvalue weighted by Gasteiger charge is 2.64. The normalized spacial score (nSPS) is 41.2. The van der Waals surface area contributed by atoms with Gasteiger partial charge in [0.05, 0.1) is 11.7 Å². The standard InChI is InChI=1S/C24H36O6/c1-13(2)20-17(29-15(4)25)10-22(6)12-24(28)14(3)8-9-19(27)23(24,7)11-18(21(20)22)30-16(5)26/h13,17-19,27-28H,3,8-12H2,1-2,4-7H3/t17-,18+,19+,22+,23+,24-/m1/s1. The third-order valence-corrected chi connectivity index (χ3v) is 7.74. The predicted octanol–water partition coefficient (Wildman–Crippen LogP) is 3.45. The molecule has 0 spiro atoms. The van der Waals surface area contributed by atoms with Crippen LogP contribution in [0.2, 0.25) is 0 Å². The number of fused-ring (bicyclic) bond motifs is 2. The number of hydrogen-bond acceptors (Lipinski definition) is 6. The number of hydrogen-bond donors (Lipinski definition) is 2. The van der Waals surface area contributed by atoms with Gasteiger partial charge in [0.1, 0.15) is 12.2 Å². The van der Waals surface area contributed by atoms with Crippen LogP contribution in [0.1, 0.15) is 73.6 Å². The van der Waals surface area contributed by atoms with Gasteiger partial charge in [0.15, 0.2) is 0 Å². The minimum Gasteiger partial charge on any atom is -0.458 e. The van der Waals surface area contributed by atoms with Crippen LogP contribution in [0.25, 0.3) is 0 Å². The van der Waals surface area contributed by atoms with E-state index in [0.717, 1.165) is 11.1 Å². The fourth-order valence-corrected chi connectivity index (χ4v) is 6.38. The molecule has 2 saturated carbocycles. The highest BCUT2D eigenvalue weighted by atomic mass is 16.5. The van der Waals surface area contributed by atoms with E-state index in [0.29, 0.717) is 31.3 Å². The van der Waals surface area contributed by atoms with Crippen molar-refractivity contribution in [2.75, 3.05) is 0 Å². The van der Waals surface area contributed by atoms with E-state index in [1.54, 1.807) is 0 Å². The van der Waals surface area contributed by atoms with E-state index in [-0.39, 0.29) is 18.3 Å². The van der Waals surface area contributed by atoms with E-state index in [2.05, 4.69) is 6.58 Å². The molecule has 2 N–H and O–H groups in total. The summed E-state index contributed by atoms with van der Waals surface area (Å²) in [4.78, 5) is 23.9. The SMILES string of the molecule is C=C1CC[C@H](O)[C@]2(C)C[C@H](OC(C)=O)C3=C(C(C)C)[C@H](OC(C)=O)C[C@@]3(C)C[C@@]12O. The van der Waals surface area contributed by atoms with E-state index in [4.69, 9.17) is 9.47 Å². The third kappa shape index (κ3) is 3.42. The van der Waals surface area contributed by atoms with E-state index in [1.807, 2.05) is 27.7 Å². The summed E-state index contributed by atoms with van der Waals surface area (Å²) in [5.74, 6) is -0.698. The molecule has 0 radical (unpaired) electrons. The molecule has 0 aromatic carbocycles. The van der Waals surface area contributed by atoms with Gasteiger partial charge in [0, 0.05) is 19.3 Å². The Balaban J connectivity index is 2.24. The molecule has 3 aliphatic rings. The Morgan fingerprint density at radius 3 is 2.20 bits per heavy atom. The summed E-state index contributed by atoms with van der Waals surface area (Å²) in [6.07, 6.45) is 0.444. The number of carbonyl (C=O) groups is 2. The monoisotopic (exact) mass is 420 g/mol. The zero-order valence-electron chi connectivity index (χ0n) is 19.1. The fourth-order valence-electron chi connectivity index (χ4n) is 6.38. The fraction of sp³-hybridized carbons (Fsp3) is 0.750. The van der Waals surface area contributed by atoms with Gasteiger partial charge < -0.3 is 19.7 Å². The Bertz CT molecular complexity index is 798. The van der Waals surface area contributed by atoms with Crippen molar-refractivity contribution in [2.24, 2.45) is 16.7 Å². The summed E-state index contributed by atoms with van der Waals surface area (Å²) < 4.78 is 11.5. The van der Waals surface area contributed by atoms with E-state index in [9.17, 15) is 19.8 Å². The van der Waals surface area contributed by atoms with E-state index >= 15 is 0 Å². The van der Waals surface area contributed by atoms with Crippen LogP contribution >= 0.6 is 0 Å². The van der Waals surface area contributed by atoms with Crippen LogP contribution in [0, 0.1) is 16.7 Å². The molecule has 6 heteroatoms. The summed E-state index contributed by atoms with van der Waals surface area (Å²) in [7, 11) is 0. The summed E-state index contributed by atoms with van der Waals surface area (Å²) in [6, 6.07) is 0. The zero-order valence-corrected chi connectivity index (χ0v) is 19.1. The molecule has 0 unspecified atom stereocenters. The van der Waals surface area contributed by atoms with Crippen LogP contribution < -0.4 is 0 Å². The molecule has 2 fully saturated rings. The lowest BCUT2D eigenvalue weighted by Crippen LogP contribution is -2.58. The average Bonchev–Trinajstić information content (AvgIpc) is 2.83. The van der Waals surface area contributed by atoms with Crippen molar-refractivity contribution in [1.82, 2.24) is 0 Å². The first kappa shape index (κ1) is 23.0. The van der Waals surface area contributed by atoms with Gasteiger partial charge in [0.2, 0.25) is 0 Å². The minimum atomic E-state index is -1.31. The van der Waals surface area contributed by atoms with Crippen LogP contribution in [0.4, 0.5) is 0 Å². The molecule has 0 amide bonds. The third-order valence-electron chi connectivity index (χ3n) is 7.74. The number of rotatable bonds is 3. The number of aliphatic hydroxyl groups excluding tert-OH is 1. The highest BCUT2D eigenvalue weighted by molar-refractivity contribution is 5.68. The maximum absolute atomic E-state index is 12.1. The van der Waals surface area contributed by atoms with Gasteiger partial charge in [-0.15, -0.1) is 0 Å².